The van der Waals surface area contributed by atoms with E-state index in [1.54, 1.807) is 19.1 Å². The molecule has 5 amide bonds. The predicted molar refractivity (Wildman–Crippen MR) is 224 cm³/mol. The predicted octanol–water partition coefficient (Wildman–Crippen LogP) is 1.87. The van der Waals surface area contributed by atoms with Crippen LogP contribution in [0.2, 0.25) is 0 Å². The molecule has 1 fully saturated rings. The molecule has 0 spiro atoms. The van der Waals surface area contributed by atoms with Crippen molar-refractivity contribution < 1.29 is 80.9 Å². The molecule has 0 bridgehead atoms. The van der Waals surface area contributed by atoms with Crippen molar-refractivity contribution in [3.05, 3.63) is 41.5 Å². The van der Waals surface area contributed by atoms with Crippen molar-refractivity contribution in [1.29, 1.82) is 0 Å². The number of piperidine rings is 1. The maximum absolute atomic E-state index is 13.2. The normalized spacial score (nSPS) is 14.9. The van der Waals surface area contributed by atoms with E-state index in [-0.39, 0.29) is 48.6 Å². The largest absolute Gasteiger partial charge is 0.460 e. The van der Waals surface area contributed by atoms with Gasteiger partial charge in [0.1, 0.15) is 12.6 Å². The number of ether oxygens (including phenoxy) is 11. The van der Waals surface area contributed by atoms with E-state index in [0.717, 1.165) is 17.7 Å². The Morgan fingerprint density at radius 2 is 1.06 bits per heavy atom. The Balaban J connectivity index is 0.989. The van der Waals surface area contributed by atoms with Gasteiger partial charge in [-0.25, -0.2) is 4.79 Å². The molecule has 0 radical (unpaired) electrons. The van der Waals surface area contributed by atoms with Crippen molar-refractivity contribution in [2.45, 2.75) is 51.5 Å². The van der Waals surface area contributed by atoms with Crippen LogP contribution in [0, 0.1) is 0 Å². The highest BCUT2D eigenvalue weighted by atomic mass is 16.6. The monoisotopic (exact) mass is 895 g/mol. The smallest absolute Gasteiger partial charge is 0.333 e. The lowest BCUT2D eigenvalue weighted by Gasteiger charge is -2.27. The van der Waals surface area contributed by atoms with Crippen molar-refractivity contribution in [1.82, 2.24) is 10.2 Å². The molecular formula is C43H65N3O17. The fraction of sp³-hybridized carbons (Fsp3) is 0.674. The van der Waals surface area contributed by atoms with Crippen LogP contribution in [0.1, 0.15) is 66.2 Å². The van der Waals surface area contributed by atoms with Crippen molar-refractivity contribution in [2.24, 2.45) is 0 Å². The van der Waals surface area contributed by atoms with Gasteiger partial charge in [-0.15, -0.1) is 0 Å². The van der Waals surface area contributed by atoms with E-state index in [1.165, 1.54) is 6.07 Å². The van der Waals surface area contributed by atoms with Crippen LogP contribution in [0.5, 0.6) is 0 Å². The summed E-state index contributed by atoms with van der Waals surface area (Å²) in [4.78, 5) is 74.8. The Labute approximate surface area is 368 Å². The topological polar surface area (TPSA) is 231 Å². The highest BCUT2D eigenvalue weighted by Crippen LogP contribution is 2.32. The minimum atomic E-state index is -1.08. The lowest BCUT2D eigenvalue weighted by molar-refractivity contribution is -0.140. The molecule has 3 rings (SSSR count). The molecule has 0 aromatic heterocycles. The minimum absolute atomic E-state index is 0.0245. The van der Waals surface area contributed by atoms with Gasteiger partial charge in [0.25, 0.3) is 11.8 Å². The fourth-order valence-electron chi connectivity index (χ4n) is 5.90. The lowest BCUT2D eigenvalue weighted by atomic mass is 10.0. The average Bonchev–Trinajstić information content (AvgIpc) is 3.52. The number of benzene rings is 1. The van der Waals surface area contributed by atoms with Crippen molar-refractivity contribution in [2.75, 3.05) is 144 Å². The summed E-state index contributed by atoms with van der Waals surface area (Å²) in [6, 6.07) is 3.52. The van der Waals surface area contributed by atoms with Gasteiger partial charge in [-0.05, 0) is 38.3 Å². The first kappa shape index (κ1) is 53.1. The Hall–Kier alpha value is -4.22. The first-order valence-electron chi connectivity index (χ1n) is 21.4. The van der Waals surface area contributed by atoms with Gasteiger partial charge in [0.15, 0.2) is 0 Å². The first-order chi connectivity index (χ1) is 30.7. The number of unbranched alkanes of at least 4 members (excludes halogenated alkanes) is 2. The van der Waals surface area contributed by atoms with E-state index in [4.69, 9.17) is 52.1 Å². The SMILES string of the molecule is C=C(C)C(=O)OCCOCCOCCOCCOCCOCCOCCOCCOCCOCCOCCCCCC(=O)Nc1cccc2c1C(=O)N(C1CCC(=O)NC1=O)C2=O. The molecule has 2 heterocycles. The van der Waals surface area contributed by atoms with Crippen LogP contribution in [-0.4, -0.2) is 185 Å². The Kier molecular flexibility index (Phi) is 28.1. The molecular weight excluding hydrogens is 830 g/mol. The van der Waals surface area contributed by atoms with Gasteiger partial charge in [0, 0.05) is 25.0 Å². The minimum Gasteiger partial charge on any atom is -0.460 e. The third kappa shape index (κ3) is 22.3. The molecule has 20 heteroatoms. The van der Waals surface area contributed by atoms with Crippen LogP contribution in [0.25, 0.3) is 0 Å². The van der Waals surface area contributed by atoms with Gasteiger partial charge in [-0.2, -0.15) is 0 Å². The maximum atomic E-state index is 13.2. The van der Waals surface area contributed by atoms with E-state index in [9.17, 15) is 28.8 Å². The molecule has 2 N–H and O–H groups in total. The maximum Gasteiger partial charge on any atom is 0.333 e. The van der Waals surface area contributed by atoms with Crippen LogP contribution >= 0.6 is 0 Å². The highest BCUT2D eigenvalue weighted by molar-refractivity contribution is 6.26. The molecule has 0 aliphatic carbocycles. The number of hydrogen-bond acceptors (Lipinski definition) is 17. The zero-order valence-electron chi connectivity index (χ0n) is 36.5. The number of carbonyl (C=O) groups excluding carboxylic acids is 6. The summed E-state index contributed by atoms with van der Waals surface area (Å²) in [5.41, 5.74) is 0.728. The van der Waals surface area contributed by atoms with Crippen molar-refractivity contribution in [3.8, 4) is 0 Å². The highest BCUT2D eigenvalue weighted by Gasteiger charge is 2.45. The third-order valence-electron chi connectivity index (χ3n) is 9.09. The first-order valence-corrected chi connectivity index (χ1v) is 21.4. The quantitative estimate of drug-likeness (QED) is 0.0416. The zero-order valence-corrected chi connectivity index (χ0v) is 36.5. The Morgan fingerprint density at radius 1 is 0.619 bits per heavy atom. The number of fused-ring (bicyclic) bond motifs is 1. The zero-order chi connectivity index (χ0) is 45.3. The lowest BCUT2D eigenvalue weighted by Crippen LogP contribution is -2.54. The van der Waals surface area contributed by atoms with Gasteiger partial charge in [0.2, 0.25) is 17.7 Å². The number of hydrogen-bond donors (Lipinski definition) is 2. The second-order valence-electron chi connectivity index (χ2n) is 14.1. The third-order valence-corrected chi connectivity index (χ3v) is 9.09. The van der Waals surface area contributed by atoms with E-state index in [0.29, 0.717) is 144 Å². The van der Waals surface area contributed by atoms with Crippen molar-refractivity contribution in [3.63, 3.8) is 0 Å². The molecule has 1 aromatic carbocycles. The van der Waals surface area contributed by atoms with Gasteiger partial charge < -0.3 is 57.4 Å². The molecule has 1 aromatic rings. The summed E-state index contributed by atoms with van der Waals surface area (Å²) in [6.07, 6.45) is 2.42. The van der Waals surface area contributed by atoms with Gasteiger partial charge >= 0.3 is 5.97 Å². The molecule has 354 valence electrons. The molecule has 1 unspecified atom stereocenters. The van der Waals surface area contributed by atoms with Crippen molar-refractivity contribution >= 4 is 41.2 Å². The number of amides is 5. The summed E-state index contributed by atoms with van der Waals surface area (Å²) in [6.45, 7) is 14.2. The summed E-state index contributed by atoms with van der Waals surface area (Å²) in [7, 11) is 0. The average molecular weight is 896 g/mol. The second kappa shape index (κ2) is 33.3. The van der Waals surface area contributed by atoms with E-state index < -0.39 is 35.6 Å². The number of esters is 1. The number of anilines is 1. The second-order valence-corrected chi connectivity index (χ2v) is 14.1. The van der Waals surface area contributed by atoms with Crippen LogP contribution in [0.4, 0.5) is 5.69 Å². The number of nitrogens with zero attached hydrogens (tertiary/aromatic N) is 1. The van der Waals surface area contributed by atoms with Crippen LogP contribution in [-0.2, 0) is 71.3 Å². The number of nitrogens with one attached hydrogen (secondary N) is 2. The number of rotatable bonds is 39. The Bertz CT molecular complexity index is 1560. The molecule has 1 atom stereocenters. The molecule has 63 heavy (non-hydrogen) atoms. The number of carbonyl (C=O) groups is 6. The summed E-state index contributed by atoms with van der Waals surface area (Å²) in [5.74, 6) is -3.16. The van der Waals surface area contributed by atoms with Gasteiger partial charge in [0.05, 0.1) is 142 Å². The number of imide groups is 2. The van der Waals surface area contributed by atoms with Gasteiger partial charge in [-0.1, -0.05) is 19.1 Å². The summed E-state index contributed by atoms with van der Waals surface area (Å²) >= 11 is 0. The Morgan fingerprint density at radius 3 is 1.51 bits per heavy atom. The van der Waals surface area contributed by atoms with E-state index in [2.05, 4.69) is 17.2 Å². The van der Waals surface area contributed by atoms with Gasteiger partial charge in [-0.3, -0.25) is 34.2 Å². The van der Waals surface area contributed by atoms with Crippen LogP contribution < -0.4 is 10.6 Å². The fourth-order valence-corrected chi connectivity index (χ4v) is 5.90. The van der Waals surface area contributed by atoms with Crippen LogP contribution in [0.3, 0.4) is 0 Å². The standard InChI is InChI=1S/C43H65N3O17/c1-33(2)43(52)63-32-31-62-30-29-61-28-27-60-26-25-59-24-23-58-22-21-57-20-19-56-18-17-55-16-15-54-14-13-53-12-5-3-4-9-37(47)44-35-8-6-7-34-39(35)42(51)46(41(34)50)36-10-11-38(48)45-40(36)49/h6-8,36H,1,3-5,9-32H2,2H3,(H,44,47)(H,45,48,49). The molecule has 2 aliphatic heterocycles. The van der Waals surface area contributed by atoms with E-state index >= 15 is 0 Å². The molecule has 0 saturated carbocycles. The molecule has 20 nitrogen and oxygen atoms in total. The summed E-state index contributed by atoms with van der Waals surface area (Å²) in [5, 5.41) is 4.90. The van der Waals surface area contributed by atoms with E-state index in [1.807, 2.05) is 0 Å². The summed E-state index contributed by atoms with van der Waals surface area (Å²) < 4.78 is 59.6. The van der Waals surface area contributed by atoms with Crippen LogP contribution in [0.15, 0.2) is 30.4 Å². The molecule has 2 aliphatic rings. The molecule has 1 saturated heterocycles.